The number of hydrogen-bond donors (Lipinski definition) is 2. The third-order valence-electron chi connectivity index (χ3n) is 4.80. The van der Waals surface area contributed by atoms with E-state index in [9.17, 15) is 5.11 Å². The Hall–Kier alpha value is -3.73. The second kappa shape index (κ2) is 9.18. The Kier molecular flexibility index (Phi) is 5.99. The van der Waals surface area contributed by atoms with Gasteiger partial charge in [0.25, 0.3) is 0 Å². The molecule has 3 aromatic carbocycles. The molecule has 0 bridgehead atoms. The first kappa shape index (κ1) is 19.6. The van der Waals surface area contributed by atoms with E-state index in [4.69, 9.17) is 9.73 Å². The molecule has 0 unspecified atom stereocenters. The van der Waals surface area contributed by atoms with E-state index in [0.29, 0.717) is 23.9 Å². The van der Waals surface area contributed by atoms with E-state index in [1.807, 2.05) is 79.0 Å². The maximum absolute atomic E-state index is 10.7. The van der Waals surface area contributed by atoms with Gasteiger partial charge in [0.05, 0.1) is 18.5 Å². The van der Waals surface area contributed by atoms with Crippen molar-refractivity contribution in [1.82, 2.24) is 5.43 Å². The normalized spacial score (nSPS) is 13.3. The third-order valence-corrected chi connectivity index (χ3v) is 4.80. The van der Waals surface area contributed by atoms with Crippen molar-refractivity contribution in [2.75, 3.05) is 11.6 Å². The Balaban J connectivity index is 1.67. The molecule has 0 saturated carbocycles. The number of hydrogen-bond acceptors (Lipinski definition) is 5. The zero-order valence-electron chi connectivity index (χ0n) is 17.0. The van der Waals surface area contributed by atoms with Gasteiger partial charge in [-0.1, -0.05) is 74.0 Å². The maximum atomic E-state index is 10.7. The lowest BCUT2D eigenvalue weighted by Gasteiger charge is -2.29. The molecule has 1 heterocycles. The van der Waals surface area contributed by atoms with Crippen molar-refractivity contribution in [3.8, 4) is 11.5 Å². The lowest BCUT2D eigenvalue weighted by atomic mass is 10.1. The van der Waals surface area contributed by atoms with E-state index in [0.717, 1.165) is 29.7 Å². The molecule has 0 aliphatic carbocycles. The fourth-order valence-corrected chi connectivity index (χ4v) is 3.18. The molecule has 0 aromatic heterocycles. The lowest BCUT2D eigenvalue weighted by molar-refractivity contribution is 0.307. The first-order valence-electron chi connectivity index (χ1n) is 10.2. The van der Waals surface area contributed by atoms with Gasteiger partial charge in [-0.15, -0.1) is 0 Å². The summed E-state index contributed by atoms with van der Waals surface area (Å²) in [5.41, 5.74) is 6.68. The first-order valence-corrected chi connectivity index (χ1v) is 10.2. The SMILES string of the molecule is CCCCOc1ccc(N2C=C(c3ccccc3)N=C(c3ccccc3)N2)c(O)c1. The summed E-state index contributed by atoms with van der Waals surface area (Å²) in [4.78, 5) is 4.81. The van der Waals surface area contributed by atoms with Gasteiger partial charge in [-0.3, -0.25) is 10.4 Å². The van der Waals surface area contributed by atoms with Crippen molar-refractivity contribution in [1.29, 1.82) is 0 Å². The van der Waals surface area contributed by atoms with Gasteiger partial charge in [0.15, 0.2) is 5.84 Å². The summed E-state index contributed by atoms with van der Waals surface area (Å²) in [6.07, 6.45) is 3.93. The van der Waals surface area contributed by atoms with Crippen LogP contribution in [0.1, 0.15) is 30.9 Å². The highest BCUT2D eigenvalue weighted by Crippen LogP contribution is 2.33. The molecule has 0 radical (unpaired) electrons. The average molecular weight is 399 g/mol. The summed E-state index contributed by atoms with van der Waals surface area (Å²) in [5, 5.41) is 12.5. The van der Waals surface area contributed by atoms with E-state index in [2.05, 4.69) is 12.3 Å². The second-order valence-corrected chi connectivity index (χ2v) is 7.04. The maximum Gasteiger partial charge on any atom is 0.152 e. The Morgan fingerprint density at radius 1 is 0.933 bits per heavy atom. The van der Waals surface area contributed by atoms with Gasteiger partial charge >= 0.3 is 0 Å². The van der Waals surface area contributed by atoms with Crippen LogP contribution >= 0.6 is 0 Å². The third kappa shape index (κ3) is 4.46. The van der Waals surface area contributed by atoms with Crippen LogP contribution in [-0.2, 0) is 0 Å². The number of aromatic hydroxyl groups is 1. The molecule has 3 aromatic rings. The molecule has 2 N–H and O–H groups in total. The van der Waals surface area contributed by atoms with Gasteiger partial charge in [-0.05, 0) is 18.6 Å². The van der Waals surface area contributed by atoms with Crippen LogP contribution in [0.15, 0.2) is 90.1 Å². The predicted molar refractivity (Wildman–Crippen MR) is 122 cm³/mol. The number of anilines is 1. The van der Waals surface area contributed by atoms with Crippen LogP contribution in [0.25, 0.3) is 5.70 Å². The molecule has 30 heavy (non-hydrogen) atoms. The monoisotopic (exact) mass is 399 g/mol. The number of phenols is 1. The van der Waals surface area contributed by atoms with Crippen LogP contribution in [0.5, 0.6) is 11.5 Å². The Morgan fingerprint density at radius 2 is 1.63 bits per heavy atom. The van der Waals surface area contributed by atoms with Gasteiger partial charge in [0.1, 0.15) is 17.2 Å². The van der Waals surface area contributed by atoms with Gasteiger partial charge in [0.2, 0.25) is 0 Å². The van der Waals surface area contributed by atoms with Crippen LogP contribution in [-0.4, -0.2) is 17.5 Å². The molecular formula is C25H25N3O2. The molecule has 0 saturated heterocycles. The van der Waals surface area contributed by atoms with Crippen LogP contribution in [0.4, 0.5) is 5.69 Å². The smallest absolute Gasteiger partial charge is 0.152 e. The van der Waals surface area contributed by atoms with Crippen LogP contribution in [0.2, 0.25) is 0 Å². The number of unbranched alkanes of at least 4 members (excludes halogenated alkanes) is 1. The summed E-state index contributed by atoms with van der Waals surface area (Å²) in [5.74, 6) is 1.50. The van der Waals surface area contributed by atoms with Crippen molar-refractivity contribution in [3.63, 3.8) is 0 Å². The summed E-state index contributed by atoms with van der Waals surface area (Å²) >= 11 is 0. The Bertz CT molecular complexity index is 1050. The topological polar surface area (TPSA) is 57.1 Å². The van der Waals surface area contributed by atoms with E-state index in [1.54, 1.807) is 11.1 Å². The number of nitrogens with zero attached hydrogens (tertiary/aromatic N) is 2. The standard InChI is InChI=1S/C25H25N3O2/c1-2-3-16-30-21-14-15-23(24(29)17-21)28-18-22(19-10-6-4-7-11-19)26-25(27-28)20-12-8-5-9-13-20/h4-15,17-18,29H,2-3,16H2,1H3,(H,26,27). The van der Waals surface area contributed by atoms with Crippen molar-refractivity contribution in [3.05, 3.63) is 96.2 Å². The van der Waals surface area contributed by atoms with Crippen LogP contribution in [0, 0.1) is 0 Å². The quantitative estimate of drug-likeness (QED) is 0.527. The summed E-state index contributed by atoms with van der Waals surface area (Å²) in [7, 11) is 0. The zero-order valence-corrected chi connectivity index (χ0v) is 17.0. The van der Waals surface area contributed by atoms with E-state index in [-0.39, 0.29) is 5.75 Å². The Morgan fingerprint density at radius 3 is 2.30 bits per heavy atom. The van der Waals surface area contributed by atoms with Crippen LogP contribution in [0.3, 0.4) is 0 Å². The van der Waals surface area contributed by atoms with Gasteiger partial charge < -0.3 is 9.84 Å². The highest BCUT2D eigenvalue weighted by molar-refractivity contribution is 6.04. The number of hydrazine groups is 1. The molecule has 5 nitrogen and oxygen atoms in total. The predicted octanol–water partition coefficient (Wildman–Crippen LogP) is 5.34. The molecule has 1 aliphatic heterocycles. The Labute approximate surface area is 176 Å². The highest BCUT2D eigenvalue weighted by Gasteiger charge is 2.19. The van der Waals surface area contributed by atoms with Gasteiger partial charge in [-0.2, -0.15) is 0 Å². The number of amidine groups is 1. The molecule has 4 rings (SSSR count). The molecule has 0 amide bonds. The average Bonchev–Trinajstić information content (AvgIpc) is 2.80. The number of aliphatic imine (C=N–C) groups is 1. The minimum absolute atomic E-state index is 0.134. The zero-order chi connectivity index (χ0) is 20.8. The number of rotatable bonds is 7. The molecule has 1 aliphatic rings. The summed E-state index contributed by atoms with van der Waals surface area (Å²) < 4.78 is 5.71. The first-order chi connectivity index (χ1) is 14.7. The van der Waals surface area contributed by atoms with Gasteiger partial charge in [0, 0.05) is 17.2 Å². The van der Waals surface area contributed by atoms with Gasteiger partial charge in [-0.25, -0.2) is 4.99 Å². The van der Waals surface area contributed by atoms with E-state index < -0.39 is 0 Å². The molecule has 0 fully saturated rings. The highest BCUT2D eigenvalue weighted by atomic mass is 16.5. The lowest BCUT2D eigenvalue weighted by Crippen LogP contribution is -2.41. The number of ether oxygens (including phenoxy) is 1. The van der Waals surface area contributed by atoms with Crippen molar-refractivity contribution < 1.29 is 9.84 Å². The van der Waals surface area contributed by atoms with Crippen LogP contribution < -0.4 is 15.2 Å². The molecule has 0 atom stereocenters. The number of phenolic OH excluding ortho intramolecular Hbond substituents is 1. The van der Waals surface area contributed by atoms with E-state index >= 15 is 0 Å². The van der Waals surface area contributed by atoms with Crippen molar-refractivity contribution >= 4 is 17.2 Å². The molecular weight excluding hydrogens is 374 g/mol. The fourth-order valence-electron chi connectivity index (χ4n) is 3.18. The number of nitrogens with one attached hydrogen (secondary N) is 1. The van der Waals surface area contributed by atoms with Crippen molar-refractivity contribution in [2.45, 2.75) is 19.8 Å². The van der Waals surface area contributed by atoms with Crippen molar-refractivity contribution in [2.24, 2.45) is 4.99 Å². The fraction of sp³-hybridized carbons (Fsp3) is 0.160. The second-order valence-electron chi connectivity index (χ2n) is 7.04. The minimum Gasteiger partial charge on any atom is -0.506 e. The molecule has 0 spiro atoms. The molecule has 152 valence electrons. The summed E-state index contributed by atoms with van der Waals surface area (Å²) in [6, 6.07) is 25.3. The van der Waals surface area contributed by atoms with E-state index in [1.165, 1.54) is 0 Å². The number of benzene rings is 3. The minimum atomic E-state index is 0.134. The molecule has 5 heteroatoms. The summed E-state index contributed by atoms with van der Waals surface area (Å²) in [6.45, 7) is 2.76. The largest absolute Gasteiger partial charge is 0.506 e.